The molecule has 0 aliphatic heterocycles. The van der Waals surface area contributed by atoms with Gasteiger partial charge in [0.25, 0.3) is 0 Å². The Morgan fingerprint density at radius 1 is 1.33 bits per heavy atom. The number of nitrogens with two attached hydrogens (primary N) is 1. The summed E-state index contributed by atoms with van der Waals surface area (Å²) < 4.78 is 20.6. The fourth-order valence-corrected chi connectivity index (χ4v) is 1.40. The molecule has 2 unspecified atom stereocenters. The van der Waals surface area contributed by atoms with Gasteiger partial charge in [-0.25, -0.2) is 0 Å². The maximum absolute atomic E-state index is 10.3. The number of hydrogen-bond donors (Lipinski definition) is 1. The lowest BCUT2D eigenvalue weighted by Crippen LogP contribution is -2.25. The molecule has 0 aliphatic carbocycles. The third kappa shape index (κ3) is 6.76. The van der Waals surface area contributed by atoms with Crippen LogP contribution < -0.4 is 5.73 Å². The Hall–Kier alpha value is 0.0700. The summed E-state index contributed by atoms with van der Waals surface area (Å²) in [4.78, 5) is 0. The Balaban J connectivity index is 3.14. The summed E-state index contributed by atoms with van der Waals surface area (Å²) in [5.74, 6) is 0. The molecule has 0 saturated carbocycles. The van der Waals surface area contributed by atoms with Crippen LogP contribution in [-0.2, 0) is 11.1 Å². The SMILES string of the molecule is CCCCCCCC(N)S(=O)[O-]. The molecule has 0 heterocycles. The number of hydrogen-bond acceptors (Lipinski definition) is 3. The van der Waals surface area contributed by atoms with Crippen LogP contribution in [-0.4, -0.2) is 14.1 Å². The molecule has 0 saturated heterocycles. The molecule has 0 amide bonds. The summed E-state index contributed by atoms with van der Waals surface area (Å²) in [7, 11) is 0. The van der Waals surface area contributed by atoms with E-state index in [2.05, 4.69) is 6.92 Å². The quantitative estimate of drug-likeness (QED) is 0.491. The molecule has 0 radical (unpaired) electrons. The first kappa shape index (κ1) is 12.1. The van der Waals surface area contributed by atoms with E-state index in [1.54, 1.807) is 0 Å². The molecular formula is C8H18NO2S-. The molecule has 74 valence electrons. The maximum Gasteiger partial charge on any atom is 0.0676 e. The summed E-state index contributed by atoms with van der Waals surface area (Å²) in [6.45, 7) is 2.15. The highest BCUT2D eigenvalue weighted by atomic mass is 32.2. The molecule has 4 heteroatoms. The van der Waals surface area contributed by atoms with Crippen molar-refractivity contribution in [3.63, 3.8) is 0 Å². The fraction of sp³-hybridized carbons (Fsp3) is 1.00. The van der Waals surface area contributed by atoms with Gasteiger partial charge in [0.05, 0.1) is 5.37 Å². The van der Waals surface area contributed by atoms with Gasteiger partial charge in [-0.2, -0.15) is 0 Å². The third-order valence-electron chi connectivity index (χ3n) is 1.84. The summed E-state index contributed by atoms with van der Waals surface area (Å²) in [6, 6.07) is 0. The van der Waals surface area contributed by atoms with Crippen molar-refractivity contribution in [2.75, 3.05) is 0 Å². The molecule has 3 nitrogen and oxygen atoms in total. The van der Waals surface area contributed by atoms with Crippen molar-refractivity contribution in [2.24, 2.45) is 5.73 Å². The molecule has 0 spiro atoms. The first-order valence-corrected chi connectivity index (χ1v) is 5.66. The van der Waals surface area contributed by atoms with E-state index in [0.717, 1.165) is 12.8 Å². The van der Waals surface area contributed by atoms with Gasteiger partial charge in [0.15, 0.2) is 0 Å². The highest BCUT2D eigenvalue weighted by molar-refractivity contribution is 7.79. The summed E-state index contributed by atoms with van der Waals surface area (Å²) >= 11 is -2.09. The zero-order valence-electron chi connectivity index (χ0n) is 7.62. The molecule has 2 atom stereocenters. The second-order valence-corrected chi connectivity index (χ2v) is 4.13. The molecule has 12 heavy (non-hydrogen) atoms. The van der Waals surface area contributed by atoms with Gasteiger partial charge in [0.1, 0.15) is 0 Å². The Morgan fingerprint density at radius 3 is 2.42 bits per heavy atom. The van der Waals surface area contributed by atoms with Crippen molar-refractivity contribution >= 4 is 11.1 Å². The van der Waals surface area contributed by atoms with Crippen LogP contribution in [0.15, 0.2) is 0 Å². The van der Waals surface area contributed by atoms with E-state index in [0.29, 0.717) is 6.42 Å². The van der Waals surface area contributed by atoms with Crippen LogP contribution in [0.4, 0.5) is 0 Å². The van der Waals surface area contributed by atoms with Crippen molar-refractivity contribution < 1.29 is 8.76 Å². The lowest BCUT2D eigenvalue weighted by Gasteiger charge is -2.13. The van der Waals surface area contributed by atoms with E-state index < -0.39 is 16.5 Å². The second-order valence-electron chi connectivity index (χ2n) is 3.00. The molecule has 0 aromatic rings. The second kappa shape index (κ2) is 7.71. The van der Waals surface area contributed by atoms with Gasteiger partial charge in [0, 0.05) is 0 Å². The largest absolute Gasteiger partial charge is 0.771 e. The average Bonchev–Trinajstić information content (AvgIpc) is 2.03. The first-order valence-electron chi connectivity index (χ1n) is 4.52. The van der Waals surface area contributed by atoms with Crippen molar-refractivity contribution in [1.82, 2.24) is 0 Å². The molecule has 2 N–H and O–H groups in total. The summed E-state index contributed by atoms with van der Waals surface area (Å²) in [6.07, 6.45) is 6.25. The lowest BCUT2D eigenvalue weighted by molar-refractivity contribution is 0.508. The average molecular weight is 192 g/mol. The Labute approximate surface area is 77.0 Å². The summed E-state index contributed by atoms with van der Waals surface area (Å²) in [5.41, 5.74) is 5.32. The minimum absolute atomic E-state index is 0.597. The highest BCUT2D eigenvalue weighted by Crippen LogP contribution is 2.07. The molecule has 0 fully saturated rings. The van der Waals surface area contributed by atoms with Gasteiger partial charge >= 0.3 is 0 Å². The minimum atomic E-state index is -2.09. The number of rotatable bonds is 7. The van der Waals surface area contributed by atoms with Crippen LogP contribution in [0.5, 0.6) is 0 Å². The predicted octanol–water partition coefficient (Wildman–Crippen LogP) is 1.51. The third-order valence-corrected chi connectivity index (χ3v) is 2.57. The Bertz CT molecular complexity index is 130. The molecular weight excluding hydrogens is 174 g/mol. The highest BCUT2D eigenvalue weighted by Gasteiger charge is 2.00. The zero-order valence-corrected chi connectivity index (χ0v) is 8.44. The van der Waals surface area contributed by atoms with Crippen molar-refractivity contribution in [3.8, 4) is 0 Å². The van der Waals surface area contributed by atoms with Gasteiger partial charge in [-0.15, -0.1) is 0 Å². The van der Waals surface area contributed by atoms with Crippen LogP contribution in [0.25, 0.3) is 0 Å². The van der Waals surface area contributed by atoms with E-state index in [4.69, 9.17) is 5.73 Å². The molecule has 0 aromatic heterocycles. The smallest absolute Gasteiger partial charge is 0.0676 e. The van der Waals surface area contributed by atoms with Gasteiger partial charge in [-0.1, -0.05) is 39.0 Å². The molecule has 0 rings (SSSR count). The van der Waals surface area contributed by atoms with E-state index >= 15 is 0 Å². The monoisotopic (exact) mass is 192 g/mol. The van der Waals surface area contributed by atoms with Gasteiger partial charge in [-0.3, -0.25) is 4.21 Å². The first-order chi connectivity index (χ1) is 5.68. The van der Waals surface area contributed by atoms with Crippen LogP contribution in [0.1, 0.15) is 45.4 Å². The topological polar surface area (TPSA) is 66.2 Å². The number of unbranched alkanes of at least 4 members (excludes halogenated alkanes) is 4. The fourth-order valence-electron chi connectivity index (χ4n) is 1.05. The summed E-state index contributed by atoms with van der Waals surface area (Å²) in [5, 5.41) is -0.661. The lowest BCUT2D eigenvalue weighted by atomic mass is 10.1. The predicted molar refractivity (Wildman–Crippen MR) is 50.3 cm³/mol. The zero-order chi connectivity index (χ0) is 9.40. The van der Waals surface area contributed by atoms with Gasteiger partial charge in [0.2, 0.25) is 0 Å². The van der Waals surface area contributed by atoms with Gasteiger partial charge < -0.3 is 10.3 Å². The van der Waals surface area contributed by atoms with Crippen LogP contribution in [0.2, 0.25) is 0 Å². The van der Waals surface area contributed by atoms with Crippen molar-refractivity contribution in [3.05, 3.63) is 0 Å². The maximum atomic E-state index is 10.3. The van der Waals surface area contributed by atoms with Crippen molar-refractivity contribution in [1.29, 1.82) is 0 Å². The van der Waals surface area contributed by atoms with Crippen molar-refractivity contribution in [2.45, 2.75) is 50.8 Å². The molecule has 0 bridgehead atoms. The van der Waals surface area contributed by atoms with E-state index in [1.807, 2.05) is 0 Å². The minimum Gasteiger partial charge on any atom is -0.771 e. The molecule has 0 aliphatic rings. The standard InChI is InChI=1S/C8H19NO2S/c1-2-3-4-5-6-7-8(9)12(10)11/h8H,2-7,9H2,1H3,(H,10,11)/p-1. The van der Waals surface area contributed by atoms with E-state index in [1.165, 1.54) is 19.3 Å². The van der Waals surface area contributed by atoms with Crippen LogP contribution in [0.3, 0.4) is 0 Å². The van der Waals surface area contributed by atoms with E-state index in [-0.39, 0.29) is 0 Å². The molecule has 0 aromatic carbocycles. The normalized spacial score (nSPS) is 15.9. The Morgan fingerprint density at radius 2 is 1.92 bits per heavy atom. The van der Waals surface area contributed by atoms with Crippen LogP contribution >= 0.6 is 0 Å². The van der Waals surface area contributed by atoms with E-state index in [9.17, 15) is 8.76 Å². The van der Waals surface area contributed by atoms with Crippen LogP contribution in [0, 0.1) is 0 Å². The Kier molecular flexibility index (Phi) is 7.75. The van der Waals surface area contributed by atoms with Gasteiger partial charge in [-0.05, 0) is 17.5 Å².